The van der Waals surface area contributed by atoms with E-state index in [1.807, 2.05) is 0 Å². The molecule has 0 unspecified atom stereocenters. The zero-order chi connectivity index (χ0) is 14.3. The smallest absolute Gasteiger partial charge is 0.346 e. The van der Waals surface area contributed by atoms with Crippen molar-refractivity contribution in [2.75, 3.05) is 0 Å². The van der Waals surface area contributed by atoms with Gasteiger partial charge < -0.3 is 9.47 Å². The Morgan fingerprint density at radius 1 is 1.15 bits per heavy atom. The average molecular weight is 273 g/mol. The van der Waals surface area contributed by atoms with Crippen LogP contribution in [0.3, 0.4) is 0 Å². The molecule has 1 aliphatic rings. The van der Waals surface area contributed by atoms with Crippen molar-refractivity contribution in [3.8, 4) is 17.0 Å². The number of pyridine rings is 1. The van der Waals surface area contributed by atoms with E-state index in [1.54, 1.807) is 32.0 Å². The Kier molecular flexibility index (Phi) is 2.71. The highest BCUT2D eigenvalue weighted by Crippen LogP contribution is 2.33. The van der Waals surface area contributed by atoms with Crippen LogP contribution in [0.2, 0.25) is 0 Å². The van der Waals surface area contributed by atoms with Crippen molar-refractivity contribution in [3.05, 3.63) is 47.9 Å². The second-order valence-electron chi connectivity index (χ2n) is 4.96. The molecule has 1 aliphatic heterocycles. The summed E-state index contributed by atoms with van der Waals surface area (Å²) in [6.45, 7) is 3.32. The minimum Gasteiger partial charge on any atom is -0.452 e. The van der Waals surface area contributed by atoms with Crippen molar-refractivity contribution >= 4 is 5.97 Å². The highest BCUT2D eigenvalue weighted by Gasteiger charge is 2.34. The Balaban J connectivity index is 2.05. The van der Waals surface area contributed by atoms with E-state index in [-0.39, 0.29) is 11.4 Å². The lowest BCUT2D eigenvalue weighted by Crippen LogP contribution is -2.38. The number of fused-ring (bicyclic) bond motifs is 1. The van der Waals surface area contributed by atoms with Crippen molar-refractivity contribution in [3.63, 3.8) is 0 Å². The largest absolute Gasteiger partial charge is 0.452 e. The van der Waals surface area contributed by atoms with Crippen molar-refractivity contribution in [2.24, 2.45) is 0 Å². The van der Waals surface area contributed by atoms with Gasteiger partial charge in [0, 0.05) is 31.7 Å². The van der Waals surface area contributed by atoms with Crippen molar-refractivity contribution < 1.29 is 18.7 Å². The summed E-state index contributed by atoms with van der Waals surface area (Å²) < 4.78 is 23.7. The average Bonchev–Trinajstić information content (AvgIpc) is 2.37. The van der Waals surface area contributed by atoms with Crippen LogP contribution in [0.4, 0.5) is 4.39 Å². The van der Waals surface area contributed by atoms with E-state index in [0.29, 0.717) is 11.4 Å². The number of nitrogens with zero attached hydrogens (tertiary/aromatic N) is 1. The molecule has 0 radical (unpaired) electrons. The van der Waals surface area contributed by atoms with E-state index < -0.39 is 11.8 Å². The lowest BCUT2D eigenvalue weighted by molar-refractivity contribution is -0.127. The SMILES string of the molecule is CC1(C)OC(=O)c2cnc(-c3ccc(F)cc3)cc2O1. The number of hydrogen-bond acceptors (Lipinski definition) is 4. The van der Waals surface area contributed by atoms with E-state index in [0.717, 1.165) is 5.56 Å². The first kappa shape index (κ1) is 12.6. The molecule has 102 valence electrons. The molecule has 2 heterocycles. The third-order valence-corrected chi connectivity index (χ3v) is 2.92. The van der Waals surface area contributed by atoms with Crippen LogP contribution in [-0.4, -0.2) is 16.7 Å². The molecule has 4 nitrogen and oxygen atoms in total. The molecule has 0 N–H and O–H groups in total. The Labute approximate surface area is 115 Å². The summed E-state index contributed by atoms with van der Waals surface area (Å²) in [4.78, 5) is 16.0. The summed E-state index contributed by atoms with van der Waals surface area (Å²) in [5.41, 5.74) is 1.64. The topological polar surface area (TPSA) is 48.4 Å². The normalized spacial score (nSPS) is 16.1. The van der Waals surface area contributed by atoms with Crippen molar-refractivity contribution in [1.29, 1.82) is 0 Å². The second-order valence-corrected chi connectivity index (χ2v) is 4.96. The molecule has 0 atom stereocenters. The van der Waals surface area contributed by atoms with E-state index in [4.69, 9.17) is 9.47 Å². The first-order valence-electron chi connectivity index (χ1n) is 6.13. The minimum absolute atomic E-state index is 0.287. The predicted molar refractivity (Wildman–Crippen MR) is 69.8 cm³/mol. The van der Waals surface area contributed by atoms with E-state index >= 15 is 0 Å². The summed E-state index contributed by atoms with van der Waals surface area (Å²) in [5.74, 6) is -1.37. The molecular weight excluding hydrogens is 261 g/mol. The summed E-state index contributed by atoms with van der Waals surface area (Å²) in [7, 11) is 0. The number of rotatable bonds is 1. The summed E-state index contributed by atoms with van der Waals surface area (Å²) in [6.07, 6.45) is 1.41. The van der Waals surface area contributed by atoms with Gasteiger partial charge in [0.25, 0.3) is 0 Å². The van der Waals surface area contributed by atoms with Crippen LogP contribution in [0.25, 0.3) is 11.3 Å². The molecule has 0 saturated carbocycles. The molecule has 20 heavy (non-hydrogen) atoms. The molecule has 1 aromatic carbocycles. The van der Waals surface area contributed by atoms with Gasteiger partial charge in [-0.2, -0.15) is 0 Å². The van der Waals surface area contributed by atoms with Gasteiger partial charge in [0.2, 0.25) is 5.79 Å². The van der Waals surface area contributed by atoms with Crippen molar-refractivity contribution in [2.45, 2.75) is 19.6 Å². The fraction of sp³-hybridized carbons (Fsp3) is 0.200. The lowest BCUT2D eigenvalue weighted by atomic mass is 10.1. The van der Waals surface area contributed by atoms with Crippen LogP contribution in [0, 0.1) is 5.82 Å². The molecule has 0 fully saturated rings. The van der Waals surface area contributed by atoms with Gasteiger partial charge >= 0.3 is 5.97 Å². The molecule has 0 saturated heterocycles. The quantitative estimate of drug-likeness (QED) is 0.749. The van der Waals surface area contributed by atoms with Crippen LogP contribution in [0.15, 0.2) is 36.5 Å². The molecule has 0 aliphatic carbocycles. The lowest BCUT2D eigenvalue weighted by Gasteiger charge is -2.31. The van der Waals surface area contributed by atoms with Gasteiger partial charge in [-0.25, -0.2) is 9.18 Å². The van der Waals surface area contributed by atoms with E-state index in [9.17, 15) is 9.18 Å². The number of benzene rings is 1. The van der Waals surface area contributed by atoms with E-state index in [1.165, 1.54) is 18.3 Å². The van der Waals surface area contributed by atoms with Crippen molar-refractivity contribution in [1.82, 2.24) is 4.98 Å². The van der Waals surface area contributed by atoms with Crippen LogP contribution in [0.5, 0.6) is 5.75 Å². The van der Waals surface area contributed by atoms with Gasteiger partial charge in [0.1, 0.15) is 17.1 Å². The maximum atomic E-state index is 12.9. The number of ether oxygens (including phenoxy) is 2. The molecule has 3 rings (SSSR count). The van der Waals surface area contributed by atoms with Crippen LogP contribution >= 0.6 is 0 Å². The fourth-order valence-corrected chi connectivity index (χ4v) is 2.02. The molecule has 0 amide bonds. The van der Waals surface area contributed by atoms with Crippen LogP contribution in [0.1, 0.15) is 24.2 Å². The molecule has 5 heteroatoms. The summed E-state index contributed by atoms with van der Waals surface area (Å²) in [5, 5.41) is 0. The van der Waals surface area contributed by atoms with Crippen LogP contribution < -0.4 is 4.74 Å². The zero-order valence-corrected chi connectivity index (χ0v) is 11.0. The maximum absolute atomic E-state index is 12.9. The summed E-state index contributed by atoms with van der Waals surface area (Å²) >= 11 is 0. The van der Waals surface area contributed by atoms with Gasteiger partial charge in [-0.1, -0.05) is 0 Å². The molecule has 0 bridgehead atoms. The number of carbonyl (C=O) groups is 1. The minimum atomic E-state index is -1.01. The third kappa shape index (κ3) is 2.22. The Bertz CT molecular complexity index is 680. The first-order valence-corrected chi connectivity index (χ1v) is 6.13. The number of cyclic esters (lactones) is 1. The first-order chi connectivity index (χ1) is 9.44. The molecule has 1 aromatic heterocycles. The van der Waals surface area contributed by atoms with E-state index in [2.05, 4.69) is 4.98 Å². The highest BCUT2D eigenvalue weighted by molar-refractivity contribution is 5.93. The van der Waals surface area contributed by atoms with Gasteiger partial charge in [0.15, 0.2) is 0 Å². The number of carbonyl (C=O) groups excluding carboxylic acids is 1. The maximum Gasteiger partial charge on any atom is 0.346 e. The Hall–Kier alpha value is -2.43. The number of aromatic nitrogens is 1. The molecular formula is C15H12FNO3. The summed E-state index contributed by atoms with van der Waals surface area (Å²) in [6, 6.07) is 7.61. The number of halogens is 1. The molecule has 2 aromatic rings. The Morgan fingerprint density at radius 3 is 2.55 bits per heavy atom. The number of hydrogen-bond donors (Lipinski definition) is 0. The van der Waals surface area contributed by atoms with Gasteiger partial charge in [-0.05, 0) is 24.3 Å². The third-order valence-electron chi connectivity index (χ3n) is 2.92. The standard InChI is InChI=1S/C15H12FNO3/c1-15(2)19-13-7-12(9-3-5-10(16)6-4-9)17-8-11(13)14(18)20-15/h3-8H,1-2H3. The number of esters is 1. The van der Waals surface area contributed by atoms with Gasteiger partial charge in [-0.15, -0.1) is 0 Å². The fourth-order valence-electron chi connectivity index (χ4n) is 2.02. The van der Waals surface area contributed by atoms with Gasteiger partial charge in [-0.3, -0.25) is 4.98 Å². The molecule has 0 spiro atoms. The van der Waals surface area contributed by atoms with Gasteiger partial charge in [0.05, 0.1) is 5.69 Å². The second kappa shape index (κ2) is 4.30. The van der Waals surface area contributed by atoms with Crippen LogP contribution in [-0.2, 0) is 4.74 Å². The zero-order valence-electron chi connectivity index (χ0n) is 11.0. The Morgan fingerprint density at radius 2 is 1.85 bits per heavy atom. The highest BCUT2D eigenvalue weighted by atomic mass is 19.1. The predicted octanol–water partition coefficient (Wildman–Crippen LogP) is 3.17. The monoisotopic (exact) mass is 273 g/mol.